The highest BCUT2D eigenvalue weighted by Gasteiger charge is 2.12. The Morgan fingerprint density at radius 1 is 1.03 bits per heavy atom. The second-order valence-corrected chi connectivity index (χ2v) is 7.29. The molecule has 5 heteroatoms. The van der Waals surface area contributed by atoms with E-state index in [4.69, 9.17) is 9.47 Å². The van der Waals surface area contributed by atoms with E-state index in [0.29, 0.717) is 13.2 Å². The number of carboxylic acids is 1. The normalized spacial score (nSPS) is 12.0. The highest BCUT2D eigenvalue weighted by Crippen LogP contribution is 2.25. The number of aryl methyl sites for hydroxylation is 2. The smallest absolute Gasteiger partial charge is 0.119 e. The quantitative estimate of drug-likeness (QED) is 0.517. The molecule has 0 N–H and O–H groups in total. The zero-order chi connectivity index (χ0) is 21.5. The third-order valence-electron chi connectivity index (χ3n) is 5.18. The Hall–Kier alpha value is -3.05. The average molecular weight is 407 g/mol. The number of hydrogen-bond acceptors (Lipinski definition) is 4. The largest absolute Gasteiger partial charge is 0.547 e. The van der Waals surface area contributed by atoms with Crippen LogP contribution in [-0.2, 0) is 22.5 Å². The number of aromatic nitrogens is 1. The molecule has 5 nitrogen and oxygen atoms in total. The number of carboxylic acid groups (broad SMARTS) is 1. The molecule has 30 heavy (non-hydrogen) atoms. The first-order chi connectivity index (χ1) is 14.5. The minimum atomic E-state index is -1.19. The van der Waals surface area contributed by atoms with Crippen LogP contribution < -0.4 is 9.84 Å². The molecule has 3 aromatic rings. The molecule has 1 heterocycles. The first kappa shape index (κ1) is 21.7. The van der Waals surface area contributed by atoms with Crippen LogP contribution in [0.25, 0.3) is 11.3 Å². The van der Waals surface area contributed by atoms with Crippen molar-refractivity contribution in [3.63, 3.8) is 0 Å². The Balaban J connectivity index is 1.61. The van der Waals surface area contributed by atoms with Gasteiger partial charge in [0, 0.05) is 30.0 Å². The standard InChI is InChI=1S/C25H29NO4/c1-4-29-24(25(27)28)17-20-10-12-21(13-11-20)30-16-15-26-19(3)9-14-23(26)22-8-6-5-7-18(22)2/h5-14,24H,4,15-17H2,1-3H3,(H,27,28)/p-1. The van der Waals surface area contributed by atoms with Crippen LogP contribution >= 0.6 is 0 Å². The lowest BCUT2D eigenvalue weighted by molar-refractivity contribution is -0.316. The molecule has 158 valence electrons. The maximum absolute atomic E-state index is 11.1. The summed E-state index contributed by atoms with van der Waals surface area (Å²) in [5, 5.41) is 11.1. The zero-order valence-electron chi connectivity index (χ0n) is 17.8. The molecular formula is C25H28NO4-. The third kappa shape index (κ3) is 5.30. The molecule has 1 atom stereocenters. The van der Waals surface area contributed by atoms with Gasteiger partial charge in [-0.25, -0.2) is 0 Å². The van der Waals surface area contributed by atoms with Crippen LogP contribution in [0, 0.1) is 13.8 Å². The SMILES string of the molecule is CCOC(Cc1ccc(OCCn2c(C)ccc2-c2ccccc2C)cc1)C(=O)[O-]. The van der Waals surface area contributed by atoms with Crippen LogP contribution in [0.5, 0.6) is 5.75 Å². The number of carbonyl (C=O) groups is 1. The summed E-state index contributed by atoms with van der Waals surface area (Å²) in [5.74, 6) is -0.439. The van der Waals surface area contributed by atoms with Gasteiger partial charge in [0.1, 0.15) is 18.5 Å². The van der Waals surface area contributed by atoms with E-state index in [9.17, 15) is 9.90 Å². The van der Waals surface area contributed by atoms with E-state index >= 15 is 0 Å². The molecule has 1 aromatic heterocycles. The van der Waals surface area contributed by atoms with Crippen LogP contribution in [0.4, 0.5) is 0 Å². The monoisotopic (exact) mass is 406 g/mol. The number of rotatable bonds is 10. The first-order valence-electron chi connectivity index (χ1n) is 10.3. The molecule has 2 aromatic carbocycles. The lowest BCUT2D eigenvalue weighted by atomic mass is 10.1. The summed E-state index contributed by atoms with van der Waals surface area (Å²) in [7, 11) is 0. The topological polar surface area (TPSA) is 63.5 Å². The van der Waals surface area contributed by atoms with E-state index in [1.807, 2.05) is 24.3 Å². The van der Waals surface area contributed by atoms with Crippen LogP contribution in [0.3, 0.4) is 0 Å². The van der Waals surface area contributed by atoms with Crippen LogP contribution in [0.2, 0.25) is 0 Å². The Morgan fingerprint density at radius 3 is 2.43 bits per heavy atom. The minimum Gasteiger partial charge on any atom is -0.547 e. The fraction of sp³-hybridized carbons (Fsp3) is 0.320. The number of hydrogen-bond donors (Lipinski definition) is 0. The molecule has 0 aliphatic heterocycles. The number of aliphatic carboxylic acids is 1. The average Bonchev–Trinajstić information content (AvgIpc) is 3.09. The lowest BCUT2D eigenvalue weighted by Gasteiger charge is -2.18. The van der Waals surface area contributed by atoms with Gasteiger partial charge in [0.2, 0.25) is 0 Å². The van der Waals surface area contributed by atoms with Gasteiger partial charge in [-0.3, -0.25) is 0 Å². The fourth-order valence-corrected chi connectivity index (χ4v) is 3.56. The molecule has 0 saturated heterocycles. The van der Waals surface area contributed by atoms with Crippen molar-refractivity contribution in [3.8, 4) is 17.0 Å². The fourth-order valence-electron chi connectivity index (χ4n) is 3.56. The number of carbonyl (C=O) groups excluding carboxylic acids is 1. The highest BCUT2D eigenvalue weighted by molar-refractivity contribution is 5.70. The molecule has 0 aliphatic carbocycles. The molecule has 0 spiro atoms. The lowest BCUT2D eigenvalue weighted by Crippen LogP contribution is -2.39. The Bertz CT molecular complexity index is 975. The van der Waals surface area contributed by atoms with E-state index in [-0.39, 0.29) is 6.42 Å². The Morgan fingerprint density at radius 2 is 1.77 bits per heavy atom. The summed E-state index contributed by atoms with van der Waals surface area (Å²) in [6, 6.07) is 20.1. The summed E-state index contributed by atoms with van der Waals surface area (Å²) >= 11 is 0. The van der Waals surface area contributed by atoms with E-state index in [0.717, 1.165) is 17.9 Å². The van der Waals surface area contributed by atoms with Crippen molar-refractivity contribution in [1.82, 2.24) is 4.57 Å². The molecule has 0 amide bonds. The molecule has 0 aliphatic rings. The van der Waals surface area contributed by atoms with Crippen molar-refractivity contribution in [2.45, 2.75) is 39.8 Å². The maximum Gasteiger partial charge on any atom is 0.119 e. The van der Waals surface area contributed by atoms with Crippen molar-refractivity contribution in [3.05, 3.63) is 77.5 Å². The molecule has 1 unspecified atom stereocenters. The molecule has 0 bridgehead atoms. The summed E-state index contributed by atoms with van der Waals surface area (Å²) in [6.45, 7) is 7.60. The molecular weight excluding hydrogens is 378 g/mol. The van der Waals surface area contributed by atoms with Gasteiger partial charge in [0.05, 0.1) is 12.5 Å². The second-order valence-electron chi connectivity index (χ2n) is 7.29. The van der Waals surface area contributed by atoms with Gasteiger partial charge in [0.25, 0.3) is 0 Å². The summed E-state index contributed by atoms with van der Waals surface area (Å²) in [6.07, 6.45) is -0.655. The van der Waals surface area contributed by atoms with E-state index in [2.05, 4.69) is 54.8 Å². The van der Waals surface area contributed by atoms with Crippen LogP contribution in [-0.4, -0.2) is 29.9 Å². The van der Waals surface area contributed by atoms with Gasteiger partial charge < -0.3 is 23.9 Å². The van der Waals surface area contributed by atoms with Gasteiger partial charge in [-0.1, -0.05) is 36.4 Å². The number of ether oxygens (including phenoxy) is 2. The van der Waals surface area contributed by atoms with Crippen molar-refractivity contribution in [2.75, 3.05) is 13.2 Å². The van der Waals surface area contributed by atoms with Crippen molar-refractivity contribution in [2.24, 2.45) is 0 Å². The first-order valence-corrected chi connectivity index (χ1v) is 10.3. The predicted molar refractivity (Wildman–Crippen MR) is 115 cm³/mol. The summed E-state index contributed by atoms with van der Waals surface area (Å²) in [5.41, 5.74) is 5.72. The van der Waals surface area contributed by atoms with E-state index < -0.39 is 12.1 Å². The second kappa shape index (κ2) is 10.1. The van der Waals surface area contributed by atoms with Crippen molar-refractivity contribution >= 4 is 5.97 Å². The van der Waals surface area contributed by atoms with Crippen molar-refractivity contribution in [1.29, 1.82) is 0 Å². The summed E-state index contributed by atoms with van der Waals surface area (Å²) < 4.78 is 13.4. The zero-order valence-corrected chi connectivity index (χ0v) is 17.8. The Kier molecular flexibility index (Phi) is 7.31. The van der Waals surface area contributed by atoms with Gasteiger partial charge >= 0.3 is 0 Å². The van der Waals surface area contributed by atoms with E-state index in [1.165, 1.54) is 22.5 Å². The summed E-state index contributed by atoms with van der Waals surface area (Å²) in [4.78, 5) is 11.1. The molecule has 0 radical (unpaired) electrons. The molecule has 3 rings (SSSR count). The van der Waals surface area contributed by atoms with E-state index in [1.54, 1.807) is 6.92 Å². The van der Waals surface area contributed by atoms with Gasteiger partial charge in [0.15, 0.2) is 0 Å². The van der Waals surface area contributed by atoms with Crippen molar-refractivity contribution < 1.29 is 19.4 Å². The maximum atomic E-state index is 11.1. The predicted octanol–water partition coefficient (Wildman–Crippen LogP) is 3.55. The highest BCUT2D eigenvalue weighted by atomic mass is 16.5. The van der Waals surface area contributed by atoms with Gasteiger partial charge in [-0.15, -0.1) is 0 Å². The third-order valence-corrected chi connectivity index (χ3v) is 5.18. The number of benzene rings is 2. The Labute approximate surface area is 177 Å². The van der Waals surface area contributed by atoms with Gasteiger partial charge in [-0.2, -0.15) is 0 Å². The number of nitrogens with zero attached hydrogens (tertiary/aromatic N) is 1. The van der Waals surface area contributed by atoms with Crippen LogP contribution in [0.1, 0.15) is 23.7 Å². The molecule has 0 fully saturated rings. The van der Waals surface area contributed by atoms with Crippen LogP contribution in [0.15, 0.2) is 60.7 Å². The minimum absolute atomic E-state index is 0.277. The van der Waals surface area contributed by atoms with Gasteiger partial charge in [-0.05, 0) is 56.2 Å². The molecule has 0 saturated carbocycles.